The Bertz CT molecular complexity index is 750. The second-order valence-electron chi connectivity index (χ2n) is 4.62. The summed E-state index contributed by atoms with van der Waals surface area (Å²) in [6.45, 7) is 1.85. The van der Waals surface area contributed by atoms with E-state index in [0.29, 0.717) is 5.76 Å². The molecule has 6 heteroatoms. The SMILES string of the molecule is CC(NC(=O)c1ccc(Cl)nn1)c1cc2ccccc2o1. The minimum absolute atomic E-state index is 0.211. The summed E-state index contributed by atoms with van der Waals surface area (Å²) < 4.78 is 5.71. The molecular weight excluding hydrogens is 290 g/mol. The zero-order chi connectivity index (χ0) is 14.8. The third-order valence-electron chi connectivity index (χ3n) is 3.08. The van der Waals surface area contributed by atoms with E-state index in [2.05, 4.69) is 15.5 Å². The van der Waals surface area contributed by atoms with Crippen molar-refractivity contribution < 1.29 is 9.21 Å². The van der Waals surface area contributed by atoms with Gasteiger partial charge in [-0.15, -0.1) is 10.2 Å². The van der Waals surface area contributed by atoms with Gasteiger partial charge in [-0.2, -0.15) is 0 Å². The van der Waals surface area contributed by atoms with Crippen LogP contribution >= 0.6 is 11.6 Å². The van der Waals surface area contributed by atoms with Crippen molar-refractivity contribution in [2.45, 2.75) is 13.0 Å². The predicted molar refractivity (Wildman–Crippen MR) is 79.1 cm³/mol. The number of furan rings is 1. The van der Waals surface area contributed by atoms with Crippen molar-refractivity contribution in [1.82, 2.24) is 15.5 Å². The quantitative estimate of drug-likeness (QED) is 0.805. The fraction of sp³-hybridized carbons (Fsp3) is 0.133. The van der Waals surface area contributed by atoms with Crippen molar-refractivity contribution in [3.8, 4) is 0 Å². The number of fused-ring (bicyclic) bond motifs is 1. The number of carbonyl (C=O) groups excluding carboxylic acids is 1. The van der Waals surface area contributed by atoms with E-state index in [-0.39, 0.29) is 22.8 Å². The van der Waals surface area contributed by atoms with Gasteiger partial charge in [-0.25, -0.2) is 0 Å². The lowest BCUT2D eigenvalue weighted by atomic mass is 10.2. The van der Waals surface area contributed by atoms with Crippen molar-refractivity contribution in [1.29, 1.82) is 0 Å². The highest BCUT2D eigenvalue weighted by Gasteiger charge is 2.16. The number of rotatable bonds is 3. The maximum atomic E-state index is 12.1. The summed E-state index contributed by atoms with van der Waals surface area (Å²) >= 11 is 5.64. The first-order valence-corrected chi connectivity index (χ1v) is 6.80. The van der Waals surface area contributed by atoms with Crippen LogP contribution in [0.2, 0.25) is 5.15 Å². The molecular formula is C15H12ClN3O2. The molecule has 0 saturated heterocycles. The number of hydrogen-bond donors (Lipinski definition) is 1. The average molecular weight is 302 g/mol. The highest BCUT2D eigenvalue weighted by molar-refractivity contribution is 6.29. The second-order valence-corrected chi connectivity index (χ2v) is 5.01. The van der Waals surface area contributed by atoms with Crippen LogP contribution in [0.4, 0.5) is 0 Å². The Morgan fingerprint density at radius 2 is 2.05 bits per heavy atom. The molecule has 1 amide bonds. The number of aromatic nitrogens is 2. The number of carbonyl (C=O) groups is 1. The van der Waals surface area contributed by atoms with Gasteiger partial charge in [-0.1, -0.05) is 29.8 Å². The zero-order valence-electron chi connectivity index (χ0n) is 11.2. The lowest BCUT2D eigenvalue weighted by Crippen LogP contribution is -2.27. The molecule has 0 fully saturated rings. The van der Waals surface area contributed by atoms with Crippen LogP contribution in [0.3, 0.4) is 0 Å². The molecule has 106 valence electrons. The molecule has 21 heavy (non-hydrogen) atoms. The minimum Gasteiger partial charge on any atom is -0.459 e. The summed E-state index contributed by atoms with van der Waals surface area (Å²) in [5.74, 6) is 0.360. The molecule has 0 aliphatic carbocycles. The highest BCUT2D eigenvalue weighted by atomic mass is 35.5. The van der Waals surface area contributed by atoms with Gasteiger partial charge >= 0.3 is 0 Å². The van der Waals surface area contributed by atoms with Crippen LogP contribution in [-0.4, -0.2) is 16.1 Å². The first-order valence-electron chi connectivity index (χ1n) is 6.42. The number of nitrogens with one attached hydrogen (secondary N) is 1. The Morgan fingerprint density at radius 3 is 2.76 bits per heavy atom. The highest BCUT2D eigenvalue weighted by Crippen LogP contribution is 2.23. The number of hydrogen-bond acceptors (Lipinski definition) is 4. The maximum absolute atomic E-state index is 12.1. The van der Waals surface area contributed by atoms with E-state index in [4.69, 9.17) is 16.0 Å². The topological polar surface area (TPSA) is 68.0 Å². The Hall–Kier alpha value is -2.40. The minimum atomic E-state index is -0.327. The molecule has 5 nitrogen and oxygen atoms in total. The van der Waals surface area contributed by atoms with Crippen LogP contribution < -0.4 is 5.32 Å². The van der Waals surface area contributed by atoms with Gasteiger partial charge in [0.25, 0.3) is 5.91 Å². The third-order valence-corrected chi connectivity index (χ3v) is 3.29. The first-order chi connectivity index (χ1) is 10.1. The van der Waals surface area contributed by atoms with E-state index in [0.717, 1.165) is 11.0 Å². The van der Waals surface area contributed by atoms with Crippen LogP contribution in [0.15, 0.2) is 46.9 Å². The fourth-order valence-corrected chi connectivity index (χ4v) is 2.10. The molecule has 2 heterocycles. The standard InChI is InChI=1S/C15H12ClN3O2/c1-9(13-8-10-4-2-3-5-12(10)21-13)17-15(20)11-6-7-14(16)19-18-11/h2-9H,1H3,(H,17,20). The molecule has 1 aromatic carbocycles. The van der Waals surface area contributed by atoms with Gasteiger partial charge in [0.1, 0.15) is 11.3 Å². The van der Waals surface area contributed by atoms with Gasteiger partial charge in [-0.05, 0) is 31.2 Å². The van der Waals surface area contributed by atoms with Crippen LogP contribution in [0.5, 0.6) is 0 Å². The summed E-state index contributed by atoms with van der Waals surface area (Å²) in [7, 11) is 0. The maximum Gasteiger partial charge on any atom is 0.272 e. The molecule has 0 bridgehead atoms. The van der Waals surface area contributed by atoms with E-state index in [1.807, 2.05) is 37.3 Å². The molecule has 3 rings (SSSR count). The molecule has 1 N–H and O–H groups in total. The monoisotopic (exact) mass is 301 g/mol. The van der Waals surface area contributed by atoms with Crippen molar-refractivity contribution >= 4 is 28.5 Å². The Morgan fingerprint density at radius 1 is 1.24 bits per heavy atom. The van der Waals surface area contributed by atoms with E-state index < -0.39 is 0 Å². The number of nitrogens with zero attached hydrogens (tertiary/aromatic N) is 2. The lowest BCUT2D eigenvalue weighted by molar-refractivity contribution is 0.0929. The van der Waals surface area contributed by atoms with E-state index in [9.17, 15) is 4.79 Å². The summed E-state index contributed by atoms with van der Waals surface area (Å²) in [4.78, 5) is 12.1. The van der Waals surface area contributed by atoms with Crippen molar-refractivity contribution in [3.05, 3.63) is 59.1 Å². The first kappa shape index (κ1) is 13.6. The summed E-state index contributed by atoms with van der Waals surface area (Å²) in [5, 5.41) is 11.5. The molecule has 0 saturated carbocycles. The number of para-hydroxylation sites is 1. The molecule has 1 unspecified atom stereocenters. The van der Waals surface area contributed by atoms with Gasteiger partial charge in [0.2, 0.25) is 0 Å². The molecule has 0 radical (unpaired) electrons. The fourth-order valence-electron chi connectivity index (χ4n) is 1.99. The van der Waals surface area contributed by atoms with Crippen LogP contribution in [0.25, 0.3) is 11.0 Å². The molecule has 0 spiro atoms. The summed E-state index contributed by atoms with van der Waals surface area (Å²) in [5.41, 5.74) is 1.00. The van der Waals surface area contributed by atoms with E-state index in [1.54, 1.807) is 0 Å². The van der Waals surface area contributed by atoms with Gasteiger partial charge in [0, 0.05) is 5.39 Å². The summed E-state index contributed by atoms with van der Waals surface area (Å²) in [6, 6.07) is 12.4. The molecule has 0 aliphatic heterocycles. The molecule has 0 aliphatic rings. The van der Waals surface area contributed by atoms with Crippen molar-refractivity contribution in [2.24, 2.45) is 0 Å². The Labute approximate surface area is 125 Å². The second kappa shape index (κ2) is 5.54. The van der Waals surface area contributed by atoms with E-state index in [1.165, 1.54) is 12.1 Å². The van der Waals surface area contributed by atoms with E-state index >= 15 is 0 Å². The predicted octanol–water partition coefficient (Wildman–Crippen LogP) is 3.37. The molecule has 2 aromatic heterocycles. The number of benzene rings is 1. The van der Waals surface area contributed by atoms with Crippen LogP contribution in [-0.2, 0) is 0 Å². The number of amides is 1. The normalized spacial score (nSPS) is 12.3. The van der Waals surface area contributed by atoms with Crippen LogP contribution in [0, 0.1) is 0 Å². The zero-order valence-corrected chi connectivity index (χ0v) is 12.0. The molecule has 3 aromatic rings. The smallest absolute Gasteiger partial charge is 0.272 e. The lowest BCUT2D eigenvalue weighted by Gasteiger charge is -2.10. The third kappa shape index (κ3) is 2.87. The van der Waals surface area contributed by atoms with Crippen molar-refractivity contribution in [3.63, 3.8) is 0 Å². The number of halogens is 1. The Kier molecular flexibility index (Phi) is 3.58. The Balaban J connectivity index is 1.77. The molecule has 1 atom stereocenters. The largest absolute Gasteiger partial charge is 0.459 e. The van der Waals surface area contributed by atoms with Gasteiger partial charge in [0.05, 0.1) is 6.04 Å². The van der Waals surface area contributed by atoms with Gasteiger partial charge in [-0.3, -0.25) is 4.79 Å². The van der Waals surface area contributed by atoms with Gasteiger partial charge < -0.3 is 9.73 Å². The van der Waals surface area contributed by atoms with Crippen molar-refractivity contribution in [2.75, 3.05) is 0 Å². The average Bonchev–Trinajstić information content (AvgIpc) is 2.92. The van der Waals surface area contributed by atoms with Gasteiger partial charge in [0.15, 0.2) is 10.8 Å². The summed E-state index contributed by atoms with van der Waals surface area (Å²) in [6.07, 6.45) is 0. The van der Waals surface area contributed by atoms with Crippen LogP contribution in [0.1, 0.15) is 29.2 Å².